The summed E-state index contributed by atoms with van der Waals surface area (Å²) in [6.45, 7) is 1.10. The SMILES string of the molecule is O=C(Nc1ccccc1Cl)C1(c2ccc3c(c2)OCCO3)CCCC1. The quantitative estimate of drug-likeness (QED) is 0.875. The predicted octanol–water partition coefficient (Wildman–Crippen LogP) is 4.56. The molecule has 0 saturated heterocycles. The molecule has 0 unspecified atom stereocenters. The molecular weight excluding hydrogens is 338 g/mol. The first-order chi connectivity index (χ1) is 12.2. The van der Waals surface area contributed by atoms with Crippen molar-refractivity contribution < 1.29 is 14.3 Å². The summed E-state index contributed by atoms with van der Waals surface area (Å²) in [5.41, 5.74) is 1.09. The summed E-state index contributed by atoms with van der Waals surface area (Å²) in [5.74, 6) is 1.46. The highest BCUT2D eigenvalue weighted by Crippen LogP contribution is 2.45. The number of rotatable bonds is 3. The summed E-state index contributed by atoms with van der Waals surface area (Å²) in [5, 5.41) is 3.58. The third-order valence-corrected chi connectivity index (χ3v) is 5.44. The monoisotopic (exact) mass is 357 g/mol. The van der Waals surface area contributed by atoms with Gasteiger partial charge in [0.2, 0.25) is 5.91 Å². The molecule has 0 radical (unpaired) electrons. The van der Waals surface area contributed by atoms with Crippen molar-refractivity contribution in [2.24, 2.45) is 0 Å². The van der Waals surface area contributed by atoms with Crippen molar-refractivity contribution >= 4 is 23.2 Å². The van der Waals surface area contributed by atoms with E-state index >= 15 is 0 Å². The van der Waals surface area contributed by atoms with E-state index in [0.29, 0.717) is 23.9 Å². The van der Waals surface area contributed by atoms with Crippen LogP contribution in [0.25, 0.3) is 0 Å². The Labute approximate surface area is 152 Å². The van der Waals surface area contributed by atoms with Gasteiger partial charge in [-0.2, -0.15) is 0 Å². The number of carbonyl (C=O) groups excluding carboxylic acids is 1. The smallest absolute Gasteiger partial charge is 0.235 e. The first-order valence-electron chi connectivity index (χ1n) is 8.65. The Morgan fingerprint density at radius 1 is 1.00 bits per heavy atom. The van der Waals surface area contributed by atoms with E-state index in [0.717, 1.165) is 42.7 Å². The van der Waals surface area contributed by atoms with E-state index in [1.54, 1.807) is 6.07 Å². The number of hydrogen-bond acceptors (Lipinski definition) is 3. The minimum atomic E-state index is -0.547. The van der Waals surface area contributed by atoms with E-state index in [1.165, 1.54) is 0 Å². The Balaban J connectivity index is 1.68. The van der Waals surface area contributed by atoms with Gasteiger partial charge in [-0.25, -0.2) is 0 Å². The zero-order valence-electron chi connectivity index (χ0n) is 13.9. The Morgan fingerprint density at radius 2 is 1.72 bits per heavy atom. The highest BCUT2D eigenvalue weighted by Gasteiger charge is 2.43. The van der Waals surface area contributed by atoms with Crippen LogP contribution < -0.4 is 14.8 Å². The highest BCUT2D eigenvalue weighted by molar-refractivity contribution is 6.33. The van der Waals surface area contributed by atoms with Gasteiger partial charge in [-0.15, -0.1) is 0 Å². The molecular formula is C20H20ClNO3. The molecule has 1 fully saturated rings. The standard InChI is InChI=1S/C20H20ClNO3/c21-15-5-1-2-6-16(15)22-19(23)20(9-3-4-10-20)14-7-8-17-18(13-14)25-12-11-24-17/h1-2,5-8,13H,3-4,9-12H2,(H,22,23). The van der Waals surface area contributed by atoms with Crippen LogP contribution in [0.1, 0.15) is 31.2 Å². The number of benzene rings is 2. The van der Waals surface area contributed by atoms with Gasteiger partial charge >= 0.3 is 0 Å². The maximum Gasteiger partial charge on any atom is 0.235 e. The molecule has 5 heteroatoms. The summed E-state index contributed by atoms with van der Waals surface area (Å²) >= 11 is 6.21. The van der Waals surface area contributed by atoms with E-state index in [-0.39, 0.29) is 5.91 Å². The van der Waals surface area contributed by atoms with Crippen LogP contribution in [-0.2, 0) is 10.2 Å². The molecule has 4 nitrogen and oxygen atoms in total. The molecule has 4 rings (SSSR count). The number of anilines is 1. The van der Waals surface area contributed by atoms with Crippen LogP contribution in [0.2, 0.25) is 5.02 Å². The van der Waals surface area contributed by atoms with Crippen molar-refractivity contribution in [3.8, 4) is 11.5 Å². The van der Waals surface area contributed by atoms with Gasteiger partial charge in [-0.05, 0) is 42.7 Å². The molecule has 2 aromatic carbocycles. The molecule has 1 N–H and O–H groups in total. The second-order valence-corrected chi connectivity index (χ2v) is 6.99. The van der Waals surface area contributed by atoms with Crippen LogP contribution in [0.3, 0.4) is 0 Å². The van der Waals surface area contributed by atoms with Crippen LogP contribution >= 0.6 is 11.6 Å². The van der Waals surface area contributed by atoms with Gasteiger partial charge in [0.15, 0.2) is 11.5 Å². The number of ether oxygens (including phenoxy) is 2. The van der Waals surface area contributed by atoms with E-state index < -0.39 is 5.41 Å². The number of carbonyl (C=O) groups is 1. The molecule has 0 spiro atoms. The maximum atomic E-state index is 13.2. The first kappa shape index (κ1) is 16.3. The van der Waals surface area contributed by atoms with Gasteiger partial charge in [0.1, 0.15) is 13.2 Å². The van der Waals surface area contributed by atoms with Crippen molar-refractivity contribution in [1.29, 1.82) is 0 Å². The molecule has 0 atom stereocenters. The Hall–Kier alpha value is -2.20. The molecule has 1 aliphatic carbocycles. The summed E-state index contributed by atoms with van der Waals surface area (Å²) in [7, 11) is 0. The molecule has 1 amide bonds. The molecule has 1 heterocycles. The van der Waals surface area contributed by atoms with Crippen LogP contribution in [0.15, 0.2) is 42.5 Å². The first-order valence-corrected chi connectivity index (χ1v) is 9.03. The molecule has 0 bridgehead atoms. The maximum absolute atomic E-state index is 13.2. The lowest BCUT2D eigenvalue weighted by molar-refractivity contribution is -0.121. The van der Waals surface area contributed by atoms with Gasteiger partial charge in [-0.3, -0.25) is 4.79 Å². The molecule has 2 aliphatic rings. The summed E-state index contributed by atoms with van der Waals surface area (Å²) in [4.78, 5) is 13.2. The van der Waals surface area contributed by atoms with E-state index in [1.807, 2.05) is 36.4 Å². The zero-order chi connectivity index (χ0) is 17.3. The molecule has 1 saturated carbocycles. The molecule has 1 aliphatic heterocycles. The lowest BCUT2D eigenvalue weighted by atomic mass is 9.77. The summed E-state index contributed by atoms with van der Waals surface area (Å²) in [6, 6.07) is 13.2. The van der Waals surface area contributed by atoms with Crippen LogP contribution in [-0.4, -0.2) is 19.1 Å². The second-order valence-electron chi connectivity index (χ2n) is 6.58. The Kier molecular flexibility index (Phi) is 4.30. The van der Waals surface area contributed by atoms with Gasteiger partial charge in [-0.1, -0.05) is 42.6 Å². The van der Waals surface area contributed by atoms with Gasteiger partial charge < -0.3 is 14.8 Å². The fourth-order valence-electron chi connectivity index (χ4n) is 3.77. The van der Waals surface area contributed by atoms with E-state index in [2.05, 4.69) is 5.32 Å². The number of hydrogen-bond donors (Lipinski definition) is 1. The van der Waals surface area contributed by atoms with Crippen molar-refractivity contribution in [1.82, 2.24) is 0 Å². The minimum absolute atomic E-state index is 0.00484. The molecule has 0 aromatic heterocycles. The van der Waals surface area contributed by atoms with Crippen LogP contribution in [0.5, 0.6) is 11.5 Å². The van der Waals surface area contributed by atoms with Crippen LogP contribution in [0, 0.1) is 0 Å². The number of halogens is 1. The number of amides is 1. The van der Waals surface area contributed by atoms with Crippen molar-refractivity contribution in [2.45, 2.75) is 31.1 Å². The summed E-state index contributed by atoms with van der Waals surface area (Å²) < 4.78 is 11.3. The average Bonchev–Trinajstić information content (AvgIpc) is 3.14. The highest BCUT2D eigenvalue weighted by atomic mass is 35.5. The van der Waals surface area contributed by atoms with Crippen molar-refractivity contribution in [3.63, 3.8) is 0 Å². The predicted molar refractivity (Wildman–Crippen MR) is 97.7 cm³/mol. The fraction of sp³-hybridized carbons (Fsp3) is 0.350. The number of nitrogens with one attached hydrogen (secondary N) is 1. The second kappa shape index (κ2) is 6.60. The molecule has 130 valence electrons. The third kappa shape index (κ3) is 2.95. The molecule has 25 heavy (non-hydrogen) atoms. The summed E-state index contributed by atoms with van der Waals surface area (Å²) in [6.07, 6.45) is 3.71. The molecule has 2 aromatic rings. The normalized spacial score (nSPS) is 18.0. The largest absolute Gasteiger partial charge is 0.486 e. The fourth-order valence-corrected chi connectivity index (χ4v) is 3.95. The van der Waals surface area contributed by atoms with Gasteiger partial charge in [0.25, 0.3) is 0 Å². The number of para-hydroxylation sites is 1. The van der Waals surface area contributed by atoms with Crippen LogP contribution in [0.4, 0.5) is 5.69 Å². The zero-order valence-corrected chi connectivity index (χ0v) is 14.6. The average molecular weight is 358 g/mol. The van der Waals surface area contributed by atoms with E-state index in [9.17, 15) is 4.79 Å². The van der Waals surface area contributed by atoms with Gasteiger partial charge in [0, 0.05) is 0 Å². The Bertz CT molecular complexity index is 799. The Morgan fingerprint density at radius 3 is 2.48 bits per heavy atom. The lowest BCUT2D eigenvalue weighted by Gasteiger charge is -2.30. The number of fused-ring (bicyclic) bond motifs is 1. The van der Waals surface area contributed by atoms with Crippen molar-refractivity contribution in [3.05, 3.63) is 53.1 Å². The van der Waals surface area contributed by atoms with Gasteiger partial charge in [0.05, 0.1) is 16.1 Å². The third-order valence-electron chi connectivity index (χ3n) is 5.11. The van der Waals surface area contributed by atoms with E-state index in [4.69, 9.17) is 21.1 Å². The minimum Gasteiger partial charge on any atom is -0.486 e. The topological polar surface area (TPSA) is 47.6 Å². The van der Waals surface area contributed by atoms with Crippen molar-refractivity contribution in [2.75, 3.05) is 18.5 Å². The lowest BCUT2D eigenvalue weighted by Crippen LogP contribution is -2.38.